The number of ether oxygens (including phenoxy) is 1. The Kier molecular flexibility index (Phi) is 6.46. The third kappa shape index (κ3) is 4.89. The summed E-state index contributed by atoms with van der Waals surface area (Å²) in [5.41, 5.74) is 0.963. The van der Waals surface area contributed by atoms with Gasteiger partial charge in [0.15, 0.2) is 5.78 Å². The van der Waals surface area contributed by atoms with Crippen molar-refractivity contribution in [3.8, 4) is 0 Å². The van der Waals surface area contributed by atoms with E-state index < -0.39 is 12.0 Å². The molecule has 0 fully saturated rings. The molecule has 0 saturated carbocycles. The molecule has 0 amide bonds. The number of carbonyl (C=O) groups excluding carboxylic acids is 2. The highest BCUT2D eigenvalue weighted by atomic mass is 32.1. The summed E-state index contributed by atoms with van der Waals surface area (Å²) < 4.78 is 4.59. The van der Waals surface area contributed by atoms with Crippen LogP contribution in [0, 0.1) is 0 Å². The van der Waals surface area contributed by atoms with E-state index in [4.69, 9.17) is 0 Å². The van der Waals surface area contributed by atoms with Gasteiger partial charge in [-0.05, 0) is 5.56 Å². The lowest BCUT2D eigenvalue weighted by Crippen LogP contribution is -2.42. The van der Waals surface area contributed by atoms with Gasteiger partial charge in [-0.25, -0.2) is 0 Å². The molecule has 1 aromatic carbocycles. The van der Waals surface area contributed by atoms with Gasteiger partial charge in [0.25, 0.3) is 0 Å². The molecule has 1 atom stereocenters. The molecule has 1 N–H and O–H groups in total. The van der Waals surface area contributed by atoms with Crippen LogP contribution in [0.3, 0.4) is 0 Å². The molecule has 4 nitrogen and oxygen atoms in total. The van der Waals surface area contributed by atoms with Gasteiger partial charge in [0.1, 0.15) is 6.04 Å². The first kappa shape index (κ1) is 14.7. The van der Waals surface area contributed by atoms with E-state index in [-0.39, 0.29) is 12.3 Å². The van der Waals surface area contributed by atoms with Crippen molar-refractivity contribution in [1.29, 1.82) is 0 Å². The molecule has 0 saturated heterocycles. The van der Waals surface area contributed by atoms with Crippen molar-refractivity contribution in [3.05, 3.63) is 35.9 Å². The molecule has 0 radical (unpaired) electrons. The molecular weight excluding hydrogens is 250 g/mol. The number of nitrogens with one attached hydrogen (secondary N) is 1. The molecule has 0 bridgehead atoms. The van der Waals surface area contributed by atoms with Crippen LogP contribution in [-0.2, 0) is 20.7 Å². The lowest BCUT2D eigenvalue weighted by Gasteiger charge is -2.13. The fourth-order valence-corrected chi connectivity index (χ4v) is 1.77. The third-order valence-electron chi connectivity index (χ3n) is 2.46. The Hall–Kier alpha value is -1.33. The van der Waals surface area contributed by atoms with E-state index in [0.29, 0.717) is 12.2 Å². The molecule has 0 aromatic heterocycles. The fourth-order valence-electron chi connectivity index (χ4n) is 1.49. The van der Waals surface area contributed by atoms with Crippen molar-refractivity contribution in [2.24, 2.45) is 0 Å². The minimum absolute atomic E-state index is 0.0249. The number of ketones is 1. The van der Waals surface area contributed by atoms with Crippen molar-refractivity contribution < 1.29 is 14.3 Å². The zero-order valence-electron chi connectivity index (χ0n) is 10.3. The lowest BCUT2D eigenvalue weighted by molar-refractivity contribution is -0.142. The van der Waals surface area contributed by atoms with E-state index in [1.807, 2.05) is 30.3 Å². The number of rotatable bonds is 7. The number of methoxy groups -OCH3 is 1. The van der Waals surface area contributed by atoms with Gasteiger partial charge in [0, 0.05) is 12.2 Å². The van der Waals surface area contributed by atoms with Crippen molar-refractivity contribution in [2.75, 3.05) is 19.4 Å². The molecule has 0 aliphatic heterocycles. The van der Waals surface area contributed by atoms with Crippen LogP contribution in [0.25, 0.3) is 0 Å². The van der Waals surface area contributed by atoms with Crippen LogP contribution in [-0.4, -0.2) is 37.2 Å². The number of hydrogen-bond acceptors (Lipinski definition) is 5. The average Bonchev–Trinajstić information content (AvgIpc) is 2.40. The summed E-state index contributed by atoms with van der Waals surface area (Å²) in [6, 6.07) is 8.93. The summed E-state index contributed by atoms with van der Waals surface area (Å²) in [6.45, 7) is 0.134. The Morgan fingerprint density at radius 2 is 2.00 bits per heavy atom. The summed E-state index contributed by atoms with van der Waals surface area (Å²) in [5.74, 6) is -0.0833. The van der Waals surface area contributed by atoms with E-state index in [1.54, 1.807) is 0 Å². The fraction of sp³-hybridized carbons (Fsp3) is 0.385. The minimum atomic E-state index is -0.543. The van der Waals surface area contributed by atoms with Crippen molar-refractivity contribution >= 4 is 24.4 Å². The summed E-state index contributed by atoms with van der Waals surface area (Å²) in [6.07, 6.45) is 0.355. The molecule has 0 unspecified atom stereocenters. The topological polar surface area (TPSA) is 55.4 Å². The van der Waals surface area contributed by atoms with Crippen LogP contribution in [0.5, 0.6) is 0 Å². The highest BCUT2D eigenvalue weighted by Crippen LogP contribution is 2.00. The second-order valence-corrected chi connectivity index (χ2v) is 4.21. The maximum atomic E-state index is 11.7. The maximum Gasteiger partial charge on any atom is 0.323 e. The number of benzene rings is 1. The second-order valence-electron chi connectivity index (χ2n) is 3.84. The van der Waals surface area contributed by atoms with E-state index in [1.165, 1.54) is 7.11 Å². The van der Waals surface area contributed by atoms with Crippen LogP contribution >= 0.6 is 12.6 Å². The van der Waals surface area contributed by atoms with Gasteiger partial charge in [-0.1, -0.05) is 30.3 Å². The second kappa shape index (κ2) is 7.89. The van der Waals surface area contributed by atoms with E-state index >= 15 is 0 Å². The first-order valence-corrected chi connectivity index (χ1v) is 6.28. The number of esters is 1. The number of thiol groups is 1. The molecule has 0 spiro atoms. The Labute approximate surface area is 112 Å². The Morgan fingerprint density at radius 1 is 1.33 bits per heavy atom. The highest BCUT2D eigenvalue weighted by Gasteiger charge is 2.17. The van der Waals surface area contributed by atoms with Crippen LogP contribution in [0.4, 0.5) is 0 Å². The first-order chi connectivity index (χ1) is 8.67. The van der Waals surface area contributed by atoms with Crippen molar-refractivity contribution in [1.82, 2.24) is 5.32 Å². The lowest BCUT2D eigenvalue weighted by atomic mass is 10.1. The molecule has 18 heavy (non-hydrogen) atoms. The zero-order chi connectivity index (χ0) is 13.4. The van der Waals surface area contributed by atoms with Gasteiger partial charge in [0.2, 0.25) is 0 Å². The molecular formula is C13H17NO3S. The molecule has 1 rings (SSSR count). The monoisotopic (exact) mass is 267 g/mol. The Balaban J connectivity index is 2.39. The maximum absolute atomic E-state index is 11.7. The highest BCUT2D eigenvalue weighted by molar-refractivity contribution is 7.80. The van der Waals surface area contributed by atoms with Gasteiger partial charge < -0.3 is 4.74 Å². The van der Waals surface area contributed by atoms with Crippen molar-refractivity contribution in [2.45, 2.75) is 12.5 Å². The molecule has 5 heteroatoms. The van der Waals surface area contributed by atoms with Crippen molar-refractivity contribution in [3.63, 3.8) is 0 Å². The van der Waals surface area contributed by atoms with Gasteiger partial charge >= 0.3 is 5.97 Å². The average molecular weight is 267 g/mol. The predicted octanol–water partition coefficient (Wildman–Crippen LogP) is 0.859. The first-order valence-electron chi connectivity index (χ1n) is 5.65. The largest absolute Gasteiger partial charge is 0.468 e. The van der Waals surface area contributed by atoms with Crippen LogP contribution in [0.15, 0.2) is 30.3 Å². The Morgan fingerprint density at radius 3 is 2.56 bits per heavy atom. The van der Waals surface area contributed by atoms with Gasteiger partial charge in [0.05, 0.1) is 13.7 Å². The summed E-state index contributed by atoms with van der Waals surface area (Å²) in [5, 5.41) is 2.84. The van der Waals surface area contributed by atoms with Gasteiger partial charge in [-0.15, -0.1) is 0 Å². The number of Topliss-reactive ketones (excluding diaryl/α,β-unsaturated/α-hetero) is 1. The smallest absolute Gasteiger partial charge is 0.323 e. The van der Waals surface area contributed by atoms with E-state index in [0.717, 1.165) is 5.56 Å². The minimum Gasteiger partial charge on any atom is -0.468 e. The predicted molar refractivity (Wildman–Crippen MR) is 72.8 cm³/mol. The van der Waals surface area contributed by atoms with E-state index in [9.17, 15) is 9.59 Å². The summed E-state index contributed by atoms with van der Waals surface area (Å²) in [4.78, 5) is 23.0. The zero-order valence-corrected chi connectivity index (χ0v) is 11.2. The summed E-state index contributed by atoms with van der Waals surface area (Å²) >= 11 is 4.04. The summed E-state index contributed by atoms with van der Waals surface area (Å²) in [7, 11) is 1.31. The molecule has 0 heterocycles. The molecule has 98 valence electrons. The van der Waals surface area contributed by atoms with E-state index in [2.05, 4.69) is 22.7 Å². The van der Waals surface area contributed by atoms with Gasteiger partial charge in [-0.3, -0.25) is 14.9 Å². The van der Waals surface area contributed by atoms with Crippen LogP contribution < -0.4 is 5.32 Å². The van der Waals surface area contributed by atoms with Crippen LogP contribution in [0.2, 0.25) is 0 Å². The van der Waals surface area contributed by atoms with Crippen LogP contribution in [0.1, 0.15) is 5.56 Å². The third-order valence-corrected chi connectivity index (χ3v) is 2.82. The standard InChI is InChI=1S/C13H17NO3S/c1-17-13(16)12(9-18)14-8-11(15)7-10-5-3-2-4-6-10/h2-6,12,14,18H,7-9H2,1H3/t12-/m1/s1. The normalized spacial score (nSPS) is 11.9. The SMILES string of the molecule is COC(=O)[C@@H](CS)NCC(=O)Cc1ccccc1. The van der Waals surface area contributed by atoms with Gasteiger partial charge in [-0.2, -0.15) is 12.6 Å². The molecule has 0 aliphatic rings. The Bertz CT molecular complexity index is 394. The quantitative estimate of drug-likeness (QED) is 0.568. The molecule has 1 aromatic rings. The number of hydrogen-bond donors (Lipinski definition) is 2. The number of carbonyl (C=O) groups is 2. The molecule has 0 aliphatic carbocycles.